The highest BCUT2D eigenvalue weighted by Crippen LogP contribution is 2.19. The lowest BCUT2D eigenvalue weighted by molar-refractivity contribution is -0.114. The van der Waals surface area contributed by atoms with Crippen LogP contribution in [0.5, 0.6) is 0 Å². The van der Waals surface area contributed by atoms with Gasteiger partial charge in [-0.3, -0.25) is 14.6 Å². The van der Waals surface area contributed by atoms with E-state index in [1.165, 1.54) is 6.92 Å². The fourth-order valence-electron chi connectivity index (χ4n) is 2.42. The van der Waals surface area contributed by atoms with Crippen LogP contribution in [0.25, 0.3) is 0 Å². The summed E-state index contributed by atoms with van der Waals surface area (Å²) in [6.45, 7) is 1.85. The van der Waals surface area contributed by atoms with E-state index in [-0.39, 0.29) is 11.8 Å². The number of aromatic nitrogens is 2. The first-order valence-electron chi connectivity index (χ1n) is 8.38. The van der Waals surface area contributed by atoms with Gasteiger partial charge in [0.05, 0.1) is 11.9 Å². The van der Waals surface area contributed by atoms with Crippen LogP contribution in [0.15, 0.2) is 67.1 Å². The van der Waals surface area contributed by atoms with E-state index >= 15 is 0 Å². The summed E-state index contributed by atoms with van der Waals surface area (Å²) in [6, 6.07) is 14.5. The molecule has 3 N–H and O–H groups in total. The number of hydrogen-bond donors (Lipinski definition) is 3. The molecule has 0 bridgehead atoms. The van der Waals surface area contributed by atoms with Crippen LogP contribution in [0.1, 0.15) is 23.0 Å². The molecule has 136 valence electrons. The Balaban J connectivity index is 1.60. The van der Waals surface area contributed by atoms with E-state index in [1.807, 2.05) is 30.3 Å². The molecule has 0 unspecified atom stereocenters. The molecule has 0 aliphatic carbocycles. The van der Waals surface area contributed by atoms with Crippen molar-refractivity contribution in [2.45, 2.75) is 13.5 Å². The lowest BCUT2D eigenvalue weighted by Crippen LogP contribution is -2.23. The standard InChI is InChI=1S/C20H19N5O2/c1-14(26)24-16-5-2-6-17(10-16)25-18-7-8-19(22-13-18)20(27)23-12-15-4-3-9-21-11-15/h2-11,13,25H,12H2,1H3,(H,23,27)(H,24,26). The van der Waals surface area contributed by atoms with Crippen LogP contribution in [0.4, 0.5) is 17.1 Å². The molecular formula is C20H19N5O2. The summed E-state index contributed by atoms with van der Waals surface area (Å²) in [5.74, 6) is -0.381. The van der Waals surface area contributed by atoms with Crippen molar-refractivity contribution in [2.24, 2.45) is 0 Å². The highest BCUT2D eigenvalue weighted by Gasteiger charge is 2.07. The van der Waals surface area contributed by atoms with Gasteiger partial charge in [0.25, 0.3) is 5.91 Å². The smallest absolute Gasteiger partial charge is 0.270 e. The number of anilines is 3. The van der Waals surface area contributed by atoms with Gasteiger partial charge in [-0.25, -0.2) is 4.98 Å². The molecule has 0 saturated heterocycles. The van der Waals surface area contributed by atoms with E-state index in [0.29, 0.717) is 17.9 Å². The van der Waals surface area contributed by atoms with Crippen LogP contribution in [0, 0.1) is 0 Å². The van der Waals surface area contributed by atoms with Crippen LogP contribution >= 0.6 is 0 Å². The molecule has 0 fully saturated rings. The molecule has 3 rings (SSSR count). The van der Waals surface area contributed by atoms with Crippen molar-refractivity contribution in [3.05, 3.63) is 78.4 Å². The van der Waals surface area contributed by atoms with Crippen LogP contribution in [-0.4, -0.2) is 21.8 Å². The highest BCUT2D eigenvalue weighted by atomic mass is 16.2. The highest BCUT2D eigenvalue weighted by molar-refractivity contribution is 5.92. The largest absolute Gasteiger partial charge is 0.354 e. The molecule has 0 aliphatic rings. The number of carbonyl (C=O) groups is 2. The number of nitrogens with one attached hydrogen (secondary N) is 3. The van der Waals surface area contributed by atoms with Crippen LogP contribution in [0.2, 0.25) is 0 Å². The van der Waals surface area contributed by atoms with E-state index in [1.54, 1.807) is 36.8 Å². The number of carbonyl (C=O) groups excluding carboxylic acids is 2. The molecule has 0 atom stereocenters. The first kappa shape index (κ1) is 18.1. The van der Waals surface area contributed by atoms with Crippen LogP contribution in [-0.2, 0) is 11.3 Å². The lowest BCUT2D eigenvalue weighted by atomic mass is 10.2. The predicted molar refractivity (Wildman–Crippen MR) is 104 cm³/mol. The van der Waals surface area contributed by atoms with E-state index in [9.17, 15) is 9.59 Å². The number of nitrogens with zero attached hydrogens (tertiary/aromatic N) is 2. The molecule has 0 saturated carbocycles. The molecule has 0 radical (unpaired) electrons. The Bertz CT molecular complexity index is 927. The van der Waals surface area contributed by atoms with Gasteiger partial charge in [0.15, 0.2) is 0 Å². The summed E-state index contributed by atoms with van der Waals surface area (Å²) >= 11 is 0. The van der Waals surface area contributed by atoms with Crippen molar-refractivity contribution in [3.8, 4) is 0 Å². The third kappa shape index (κ3) is 5.37. The molecule has 7 nitrogen and oxygen atoms in total. The zero-order valence-electron chi connectivity index (χ0n) is 14.8. The van der Waals surface area contributed by atoms with Gasteiger partial charge < -0.3 is 16.0 Å². The number of amides is 2. The summed E-state index contributed by atoms with van der Waals surface area (Å²) in [4.78, 5) is 31.5. The Morgan fingerprint density at radius 1 is 0.963 bits per heavy atom. The molecule has 2 amide bonds. The number of pyridine rings is 2. The lowest BCUT2D eigenvalue weighted by Gasteiger charge is -2.09. The minimum atomic E-state index is -0.252. The van der Waals surface area contributed by atoms with Gasteiger partial charge in [0, 0.05) is 37.2 Å². The summed E-state index contributed by atoms with van der Waals surface area (Å²) in [5.41, 5.74) is 3.49. The Kier molecular flexibility index (Phi) is 5.73. The molecule has 7 heteroatoms. The zero-order valence-corrected chi connectivity index (χ0v) is 14.8. The minimum Gasteiger partial charge on any atom is -0.354 e. The number of hydrogen-bond acceptors (Lipinski definition) is 5. The van der Waals surface area contributed by atoms with Gasteiger partial charge in [-0.05, 0) is 42.0 Å². The zero-order chi connectivity index (χ0) is 19.1. The average molecular weight is 361 g/mol. The third-order valence-corrected chi connectivity index (χ3v) is 3.64. The van der Waals surface area contributed by atoms with E-state index in [2.05, 4.69) is 25.9 Å². The predicted octanol–water partition coefficient (Wildman–Crippen LogP) is 3.11. The van der Waals surface area contributed by atoms with Crippen LogP contribution < -0.4 is 16.0 Å². The van der Waals surface area contributed by atoms with Gasteiger partial charge in [-0.1, -0.05) is 12.1 Å². The summed E-state index contributed by atoms with van der Waals surface area (Å²) in [7, 11) is 0. The van der Waals surface area contributed by atoms with Crippen molar-refractivity contribution in [2.75, 3.05) is 10.6 Å². The van der Waals surface area contributed by atoms with Crippen molar-refractivity contribution < 1.29 is 9.59 Å². The monoisotopic (exact) mass is 361 g/mol. The van der Waals surface area contributed by atoms with Crippen molar-refractivity contribution in [1.82, 2.24) is 15.3 Å². The summed E-state index contributed by atoms with van der Waals surface area (Å²) < 4.78 is 0. The fourth-order valence-corrected chi connectivity index (χ4v) is 2.42. The molecule has 0 spiro atoms. The molecule has 27 heavy (non-hydrogen) atoms. The summed E-state index contributed by atoms with van der Waals surface area (Å²) in [5, 5.41) is 8.73. The maximum Gasteiger partial charge on any atom is 0.270 e. The Labute approximate surface area is 156 Å². The Hall–Kier alpha value is -3.74. The van der Waals surface area contributed by atoms with E-state index < -0.39 is 0 Å². The van der Waals surface area contributed by atoms with E-state index in [0.717, 1.165) is 16.9 Å². The van der Waals surface area contributed by atoms with E-state index in [4.69, 9.17) is 0 Å². The van der Waals surface area contributed by atoms with Crippen LogP contribution in [0.3, 0.4) is 0 Å². The molecule has 0 aliphatic heterocycles. The van der Waals surface area contributed by atoms with Crippen molar-refractivity contribution >= 4 is 28.9 Å². The molecule has 2 aromatic heterocycles. The topological polar surface area (TPSA) is 96.0 Å². The molecule has 2 heterocycles. The maximum atomic E-state index is 12.2. The van der Waals surface area contributed by atoms with Crippen molar-refractivity contribution in [3.63, 3.8) is 0 Å². The van der Waals surface area contributed by atoms with Gasteiger partial charge in [-0.15, -0.1) is 0 Å². The molecule has 1 aromatic carbocycles. The molecular weight excluding hydrogens is 342 g/mol. The van der Waals surface area contributed by atoms with Crippen molar-refractivity contribution in [1.29, 1.82) is 0 Å². The SMILES string of the molecule is CC(=O)Nc1cccc(Nc2ccc(C(=O)NCc3cccnc3)nc2)c1. The second-order valence-corrected chi connectivity index (χ2v) is 5.86. The normalized spacial score (nSPS) is 10.1. The quantitative estimate of drug-likeness (QED) is 0.627. The average Bonchev–Trinajstić information content (AvgIpc) is 2.67. The number of rotatable bonds is 6. The maximum absolute atomic E-state index is 12.2. The van der Waals surface area contributed by atoms with Gasteiger partial charge >= 0.3 is 0 Å². The minimum absolute atomic E-state index is 0.129. The Morgan fingerprint density at radius 2 is 1.81 bits per heavy atom. The third-order valence-electron chi connectivity index (χ3n) is 3.64. The van der Waals surface area contributed by atoms with Gasteiger partial charge in [0.2, 0.25) is 5.91 Å². The second kappa shape index (κ2) is 8.57. The fraction of sp³-hybridized carbons (Fsp3) is 0.100. The summed E-state index contributed by atoms with van der Waals surface area (Å²) in [6.07, 6.45) is 4.98. The van der Waals surface area contributed by atoms with Gasteiger partial charge in [-0.2, -0.15) is 0 Å². The molecule has 3 aromatic rings. The first-order valence-corrected chi connectivity index (χ1v) is 8.38. The number of benzene rings is 1. The second-order valence-electron chi connectivity index (χ2n) is 5.86. The first-order chi connectivity index (χ1) is 13.1. The van der Waals surface area contributed by atoms with Gasteiger partial charge in [0.1, 0.15) is 5.69 Å². The Morgan fingerprint density at radius 3 is 2.52 bits per heavy atom.